The van der Waals surface area contributed by atoms with Gasteiger partial charge in [0.25, 0.3) is 0 Å². The summed E-state index contributed by atoms with van der Waals surface area (Å²) in [6, 6.07) is 7.84. The van der Waals surface area contributed by atoms with Gasteiger partial charge >= 0.3 is 0 Å². The maximum absolute atomic E-state index is 13.6. The molecule has 0 bridgehead atoms. The molecule has 3 heterocycles. The van der Waals surface area contributed by atoms with Crippen LogP contribution in [0.25, 0.3) is 11.1 Å². The van der Waals surface area contributed by atoms with Gasteiger partial charge in [0.2, 0.25) is 5.91 Å². The van der Waals surface area contributed by atoms with Gasteiger partial charge in [-0.15, -0.1) is 0 Å². The Hall–Kier alpha value is -2.97. The molecule has 1 unspecified atom stereocenters. The summed E-state index contributed by atoms with van der Waals surface area (Å²) in [7, 11) is 0. The van der Waals surface area contributed by atoms with Gasteiger partial charge in [-0.25, -0.2) is 14.2 Å². The fourth-order valence-corrected chi connectivity index (χ4v) is 4.81. The monoisotopic (exact) mass is 420 g/mol. The van der Waals surface area contributed by atoms with Crippen LogP contribution in [0.4, 0.5) is 11.4 Å². The van der Waals surface area contributed by atoms with Gasteiger partial charge in [0, 0.05) is 24.2 Å². The van der Waals surface area contributed by atoms with E-state index < -0.39 is 16.5 Å². The topological polar surface area (TPSA) is 96.3 Å². The number of carbonyl (C=O) groups is 1. The van der Waals surface area contributed by atoms with Crippen LogP contribution >= 0.6 is 0 Å². The summed E-state index contributed by atoms with van der Waals surface area (Å²) in [5.41, 5.74) is 4.43. The van der Waals surface area contributed by atoms with Gasteiger partial charge in [-0.2, -0.15) is 0 Å². The molecule has 1 spiro atoms. The predicted molar refractivity (Wildman–Crippen MR) is 114 cm³/mol. The Balaban J connectivity index is 1.63. The van der Waals surface area contributed by atoms with Crippen LogP contribution in [0.3, 0.4) is 0 Å². The first-order valence-electron chi connectivity index (χ1n) is 9.77. The van der Waals surface area contributed by atoms with Crippen molar-refractivity contribution in [1.29, 1.82) is 0 Å². The van der Waals surface area contributed by atoms with E-state index >= 15 is 0 Å². The first kappa shape index (κ1) is 19.0. The first-order chi connectivity index (χ1) is 14.5. The van der Waals surface area contributed by atoms with Crippen molar-refractivity contribution in [2.75, 3.05) is 4.90 Å². The molecule has 0 saturated heterocycles. The van der Waals surface area contributed by atoms with E-state index in [0.717, 1.165) is 41.6 Å². The maximum atomic E-state index is 13.6. The fourth-order valence-electron chi connectivity index (χ4n) is 4.37. The minimum absolute atomic E-state index is 0.0262. The van der Waals surface area contributed by atoms with Crippen LogP contribution in [-0.4, -0.2) is 29.6 Å². The molecular formula is C22H20N4O3S. The number of hydrogen-bond acceptors (Lipinski definition) is 5. The standard InChI is InChI=1S/C22H20N4O3S/c1-14-24-10-17(11-25-14)16-3-4-19-20(8-16)26(21(27)22(19)5-2-6-22)18-7-15(9-23-12-18)13-30(28)29/h3-4,7-12H,2,5-6,13H2,1H3,(H,28,29). The average molecular weight is 420 g/mol. The number of rotatable bonds is 4. The molecule has 1 atom stereocenters. The number of pyridine rings is 1. The number of aromatic nitrogens is 3. The molecule has 0 radical (unpaired) electrons. The number of fused-ring (bicyclic) bond motifs is 2. The van der Waals surface area contributed by atoms with Crippen molar-refractivity contribution in [3.63, 3.8) is 0 Å². The van der Waals surface area contributed by atoms with Crippen LogP contribution < -0.4 is 4.90 Å². The van der Waals surface area contributed by atoms with Crippen molar-refractivity contribution in [3.8, 4) is 11.1 Å². The lowest BCUT2D eigenvalue weighted by Gasteiger charge is -2.37. The molecule has 152 valence electrons. The number of nitrogens with zero attached hydrogens (tertiary/aromatic N) is 4. The Morgan fingerprint density at radius 1 is 1.10 bits per heavy atom. The Kier molecular flexibility index (Phi) is 4.48. The maximum Gasteiger partial charge on any atom is 0.242 e. The minimum atomic E-state index is -1.97. The van der Waals surface area contributed by atoms with E-state index in [9.17, 15) is 13.6 Å². The van der Waals surface area contributed by atoms with Gasteiger partial charge in [-0.1, -0.05) is 18.6 Å². The zero-order valence-corrected chi connectivity index (χ0v) is 17.2. The highest BCUT2D eigenvalue weighted by Crippen LogP contribution is 2.55. The second kappa shape index (κ2) is 7.07. The molecule has 2 aromatic heterocycles. The SMILES string of the molecule is Cc1ncc(-c2ccc3c(c2)N(c2cncc(CS(=O)O)c2)C(=O)C32CCC2)cn1. The van der Waals surface area contributed by atoms with E-state index in [1.54, 1.807) is 35.8 Å². The van der Waals surface area contributed by atoms with Gasteiger partial charge in [0.15, 0.2) is 11.1 Å². The lowest BCUT2D eigenvalue weighted by Crippen LogP contribution is -2.43. The Morgan fingerprint density at radius 2 is 1.87 bits per heavy atom. The third-order valence-corrected chi connectivity index (χ3v) is 6.60. The van der Waals surface area contributed by atoms with Crippen molar-refractivity contribution >= 4 is 28.4 Å². The zero-order valence-electron chi connectivity index (χ0n) is 16.4. The van der Waals surface area contributed by atoms with E-state index in [4.69, 9.17) is 0 Å². The highest BCUT2D eigenvalue weighted by atomic mass is 32.2. The molecule has 3 aromatic rings. The normalized spacial score (nSPS) is 17.7. The van der Waals surface area contributed by atoms with Crippen molar-refractivity contribution < 1.29 is 13.6 Å². The minimum Gasteiger partial charge on any atom is -0.306 e. The number of benzene rings is 1. The van der Waals surface area contributed by atoms with Crippen LogP contribution in [0.1, 0.15) is 36.2 Å². The van der Waals surface area contributed by atoms with E-state index in [-0.39, 0.29) is 11.7 Å². The smallest absolute Gasteiger partial charge is 0.242 e. The number of hydrogen-bond donors (Lipinski definition) is 1. The summed E-state index contributed by atoms with van der Waals surface area (Å²) < 4.78 is 20.5. The summed E-state index contributed by atoms with van der Waals surface area (Å²) in [5.74, 6) is 0.723. The predicted octanol–water partition coefficient (Wildman–Crippen LogP) is 3.67. The Morgan fingerprint density at radius 3 is 2.53 bits per heavy atom. The Labute approximate surface area is 176 Å². The second-order valence-corrected chi connectivity index (χ2v) is 8.78. The third kappa shape index (κ3) is 2.95. The number of anilines is 2. The van der Waals surface area contributed by atoms with E-state index in [1.807, 2.05) is 25.1 Å². The molecule has 1 saturated carbocycles. The number of carbonyl (C=O) groups excluding carboxylic acids is 1. The van der Waals surface area contributed by atoms with Crippen LogP contribution in [-0.2, 0) is 27.0 Å². The van der Waals surface area contributed by atoms with Crippen LogP contribution in [0.5, 0.6) is 0 Å². The molecule has 1 aromatic carbocycles. The molecule has 8 heteroatoms. The molecule has 30 heavy (non-hydrogen) atoms. The molecule has 1 fully saturated rings. The first-order valence-corrected chi connectivity index (χ1v) is 11.0. The molecule has 2 aliphatic rings. The molecule has 1 amide bonds. The van der Waals surface area contributed by atoms with Crippen molar-refractivity contribution in [1.82, 2.24) is 15.0 Å². The van der Waals surface area contributed by atoms with Crippen LogP contribution in [0.2, 0.25) is 0 Å². The van der Waals surface area contributed by atoms with Gasteiger partial charge < -0.3 is 4.55 Å². The molecule has 1 N–H and O–H groups in total. The van der Waals surface area contributed by atoms with Gasteiger partial charge in [-0.3, -0.25) is 14.7 Å². The zero-order chi connectivity index (χ0) is 20.9. The summed E-state index contributed by atoms with van der Waals surface area (Å²) in [6.45, 7) is 1.84. The lowest BCUT2D eigenvalue weighted by atomic mass is 9.65. The van der Waals surface area contributed by atoms with Crippen LogP contribution in [0.15, 0.2) is 49.1 Å². The quantitative estimate of drug-likeness (QED) is 0.647. The van der Waals surface area contributed by atoms with E-state index in [1.165, 1.54) is 0 Å². The average Bonchev–Trinajstić information content (AvgIpc) is 2.95. The molecule has 5 rings (SSSR count). The number of aryl methyl sites for hydroxylation is 1. The number of amides is 1. The molecule has 1 aliphatic carbocycles. The van der Waals surface area contributed by atoms with E-state index in [0.29, 0.717) is 17.1 Å². The van der Waals surface area contributed by atoms with Crippen molar-refractivity contribution in [2.45, 2.75) is 37.4 Å². The fraction of sp³-hybridized carbons (Fsp3) is 0.273. The highest BCUT2D eigenvalue weighted by Gasteiger charge is 2.54. The van der Waals surface area contributed by atoms with Crippen LogP contribution in [0, 0.1) is 6.92 Å². The third-order valence-electron chi connectivity index (χ3n) is 6.02. The molecule has 7 nitrogen and oxygen atoms in total. The summed E-state index contributed by atoms with van der Waals surface area (Å²) in [6.07, 6.45) is 9.43. The van der Waals surface area contributed by atoms with Crippen molar-refractivity contribution in [3.05, 3.63) is 66.0 Å². The van der Waals surface area contributed by atoms with Crippen molar-refractivity contribution in [2.24, 2.45) is 0 Å². The van der Waals surface area contributed by atoms with Gasteiger partial charge in [-0.05, 0) is 48.6 Å². The molecule has 1 aliphatic heterocycles. The van der Waals surface area contributed by atoms with Gasteiger partial charge in [0.1, 0.15) is 5.82 Å². The van der Waals surface area contributed by atoms with Gasteiger partial charge in [0.05, 0.1) is 28.7 Å². The largest absolute Gasteiger partial charge is 0.306 e. The summed E-state index contributed by atoms with van der Waals surface area (Å²) in [4.78, 5) is 28.0. The lowest BCUT2D eigenvalue weighted by molar-refractivity contribution is -0.125. The summed E-state index contributed by atoms with van der Waals surface area (Å²) >= 11 is -1.97. The highest BCUT2D eigenvalue weighted by molar-refractivity contribution is 7.78. The molecular weight excluding hydrogens is 400 g/mol. The Bertz CT molecular complexity index is 1180. The second-order valence-electron chi connectivity index (χ2n) is 7.84. The summed E-state index contributed by atoms with van der Waals surface area (Å²) in [5, 5.41) is 0. The van der Waals surface area contributed by atoms with E-state index in [2.05, 4.69) is 15.0 Å².